The minimum atomic E-state index is -0.574. The fraction of sp³-hybridized carbons (Fsp3) is 0.172. The molecule has 0 saturated carbocycles. The molecule has 2 amide bonds. The van der Waals surface area contributed by atoms with Gasteiger partial charge in [0.15, 0.2) is 0 Å². The van der Waals surface area contributed by atoms with Crippen molar-refractivity contribution in [1.82, 2.24) is 14.9 Å². The maximum atomic E-state index is 12.4. The Kier molecular flexibility index (Phi) is 7.01. The highest BCUT2D eigenvalue weighted by Gasteiger charge is 2.17. The quantitative estimate of drug-likeness (QED) is 0.324. The lowest BCUT2D eigenvalue weighted by Crippen LogP contribution is -2.44. The summed E-state index contributed by atoms with van der Waals surface area (Å²) in [6.07, 6.45) is 2.91. The number of anilines is 4. The van der Waals surface area contributed by atoms with Gasteiger partial charge in [-0.3, -0.25) is 9.59 Å². The summed E-state index contributed by atoms with van der Waals surface area (Å²) in [5.74, 6) is -0.512. The van der Waals surface area contributed by atoms with E-state index >= 15 is 0 Å². The number of carbonyl (C=O) groups excluding carboxylic acids is 2. The van der Waals surface area contributed by atoms with Crippen molar-refractivity contribution >= 4 is 45.7 Å². The molecule has 1 aliphatic heterocycles. The number of primary amides is 1. The smallest absolute Gasteiger partial charge is 0.249 e. The van der Waals surface area contributed by atoms with Gasteiger partial charge in [-0.15, -0.1) is 0 Å². The number of hydrogen-bond acceptors (Lipinski definition) is 7. The molecule has 2 heterocycles. The Morgan fingerprint density at radius 3 is 2.47 bits per heavy atom. The van der Waals surface area contributed by atoms with Crippen molar-refractivity contribution in [3.8, 4) is 11.1 Å². The van der Waals surface area contributed by atoms with Gasteiger partial charge in [0.1, 0.15) is 0 Å². The van der Waals surface area contributed by atoms with Crippen molar-refractivity contribution in [3.05, 3.63) is 85.1 Å². The lowest BCUT2D eigenvalue weighted by atomic mass is 9.96. The van der Waals surface area contributed by atoms with Crippen LogP contribution >= 0.6 is 0 Å². The number of rotatable bonds is 7. The molecule has 0 spiro atoms. The molecule has 9 heteroatoms. The molecule has 9 nitrogen and oxygen atoms in total. The average molecular weight is 508 g/mol. The minimum absolute atomic E-state index is 0.325. The summed E-state index contributed by atoms with van der Waals surface area (Å²) in [5, 5.41) is 6.77. The average Bonchev–Trinajstić information content (AvgIpc) is 2.93. The zero-order valence-corrected chi connectivity index (χ0v) is 21.1. The highest BCUT2D eigenvalue weighted by atomic mass is 16.1. The number of likely N-dealkylation sites (N-methyl/N-ethyl adjacent to an activating group) is 1. The van der Waals surface area contributed by atoms with Crippen molar-refractivity contribution in [1.29, 1.82) is 0 Å². The van der Waals surface area contributed by atoms with Crippen LogP contribution < -0.4 is 21.3 Å². The van der Waals surface area contributed by atoms with E-state index in [2.05, 4.69) is 51.2 Å². The van der Waals surface area contributed by atoms with Gasteiger partial charge in [0, 0.05) is 66.0 Å². The maximum absolute atomic E-state index is 12.4. The molecule has 192 valence electrons. The van der Waals surface area contributed by atoms with Gasteiger partial charge in [0.25, 0.3) is 0 Å². The molecule has 0 unspecified atom stereocenters. The zero-order valence-electron chi connectivity index (χ0n) is 21.1. The predicted molar refractivity (Wildman–Crippen MR) is 152 cm³/mol. The highest BCUT2D eigenvalue weighted by molar-refractivity contribution is 6.08. The number of hydrogen-bond donors (Lipinski definition) is 3. The van der Waals surface area contributed by atoms with E-state index in [1.54, 1.807) is 36.5 Å². The fourth-order valence-corrected chi connectivity index (χ4v) is 4.55. The van der Waals surface area contributed by atoms with E-state index in [1.165, 1.54) is 11.8 Å². The first-order valence-corrected chi connectivity index (χ1v) is 12.4. The van der Waals surface area contributed by atoms with Crippen LogP contribution in [0.1, 0.15) is 10.4 Å². The third-order valence-corrected chi connectivity index (χ3v) is 6.61. The van der Waals surface area contributed by atoms with Gasteiger partial charge < -0.3 is 26.2 Å². The number of nitrogens with zero attached hydrogens (tertiary/aromatic N) is 4. The maximum Gasteiger partial charge on any atom is 0.249 e. The van der Waals surface area contributed by atoms with Gasteiger partial charge in [-0.2, -0.15) is 0 Å². The molecule has 4 aromatic rings. The van der Waals surface area contributed by atoms with Crippen LogP contribution in [0.25, 0.3) is 22.0 Å². The molecule has 0 radical (unpaired) electrons. The van der Waals surface area contributed by atoms with E-state index in [0.29, 0.717) is 33.8 Å². The molecule has 1 saturated heterocycles. The lowest BCUT2D eigenvalue weighted by Gasteiger charge is -2.34. The SMILES string of the molecule is C=CC(=O)Nc1cccc(-c2c(C(N)=O)ccc3cnc(Nc4ccc(N5CCN(C)CC5)cc4)nc23)c1. The van der Waals surface area contributed by atoms with Gasteiger partial charge in [0.05, 0.1) is 5.52 Å². The van der Waals surface area contributed by atoms with Crippen LogP contribution in [-0.2, 0) is 4.79 Å². The standard InChI is InChI=1S/C29H29N7O2/c1-3-25(37)32-22-6-4-5-19(17-22)26-24(28(30)38)12-7-20-18-31-29(34-27(20)26)33-21-8-10-23(11-9-21)36-15-13-35(2)14-16-36/h3-12,17-18H,1,13-16H2,2H3,(H2,30,38)(H,32,37)(H,31,33,34). The van der Waals surface area contributed by atoms with Crippen molar-refractivity contribution in [3.63, 3.8) is 0 Å². The van der Waals surface area contributed by atoms with Crippen molar-refractivity contribution in [2.75, 3.05) is 48.8 Å². The molecule has 1 aromatic heterocycles. The first-order valence-electron chi connectivity index (χ1n) is 12.4. The number of fused-ring (bicyclic) bond motifs is 1. The number of amides is 2. The first kappa shape index (κ1) is 24.9. The van der Waals surface area contributed by atoms with Crippen LogP contribution in [0.3, 0.4) is 0 Å². The molecule has 38 heavy (non-hydrogen) atoms. The molecule has 4 N–H and O–H groups in total. The van der Waals surface area contributed by atoms with E-state index in [9.17, 15) is 9.59 Å². The Morgan fingerprint density at radius 1 is 1.00 bits per heavy atom. The normalized spacial score (nSPS) is 13.8. The van der Waals surface area contributed by atoms with Gasteiger partial charge in [-0.25, -0.2) is 9.97 Å². The molecule has 0 aliphatic carbocycles. The number of nitrogens with two attached hydrogens (primary N) is 1. The third kappa shape index (κ3) is 5.33. The summed E-state index contributed by atoms with van der Waals surface area (Å²) >= 11 is 0. The lowest BCUT2D eigenvalue weighted by molar-refractivity contribution is -0.111. The second-order valence-corrected chi connectivity index (χ2v) is 9.22. The van der Waals surface area contributed by atoms with Gasteiger partial charge >= 0.3 is 0 Å². The van der Waals surface area contributed by atoms with Gasteiger partial charge in [-0.1, -0.05) is 24.8 Å². The Balaban J connectivity index is 1.48. The molecular weight excluding hydrogens is 478 g/mol. The molecule has 0 atom stereocenters. The van der Waals surface area contributed by atoms with E-state index in [4.69, 9.17) is 10.7 Å². The summed E-state index contributed by atoms with van der Waals surface area (Å²) in [6, 6.07) is 18.8. The second kappa shape index (κ2) is 10.7. The van der Waals surface area contributed by atoms with Crippen LogP contribution in [0.2, 0.25) is 0 Å². The Bertz CT molecular complexity index is 1510. The van der Waals surface area contributed by atoms with Crippen LogP contribution in [0.4, 0.5) is 23.0 Å². The van der Waals surface area contributed by atoms with Crippen molar-refractivity contribution in [2.24, 2.45) is 5.73 Å². The monoisotopic (exact) mass is 507 g/mol. The van der Waals surface area contributed by atoms with Gasteiger partial charge in [0.2, 0.25) is 17.8 Å². The van der Waals surface area contributed by atoms with E-state index in [-0.39, 0.29) is 5.91 Å². The Morgan fingerprint density at radius 2 is 1.76 bits per heavy atom. The summed E-state index contributed by atoms with van der Waals surface area (Å²) in [5.41, 5.74) is 10.5. The molecular formula is C29H29N7O2. The summed E-state index contributed by atoms with van der Waals surface area (Å²) < 4.78 is 0. The minimum Gasteiger partial charge on any atom is -0.369 e. The topological polar surface area (TPSA) is 116 Å². The Labute approximate surface area is 221 Å². The largest absolute Gasteiger partial charge is 0.369 e. The van der Waals surface area contributed by atoms with Crippen molar-refractivity contribution < 1.29 is 9.59 Å². The molecule has 1 fully saturated rings. The first-order chi connectivity index (χ1) is 18.4. The van der Waals surface area contributed by atoms with E-state index in [0.717, 1.165) is 37.3 Å². The van der Waals surface area contributed by atoms with Gasteiger partial charge in [-0.05, 0) is 61.2 Å². The third-order valence-electron chi connectivity index (χ3n) is 6.61. The second-order valence-electron chi connectivity index (χ2n) is 9.22. The molecule has 1 aliphatic rings. The van der Waals surface area contributed by atoms with Crippen LogP contribution in [0.5, 0.6) is 0 Å². The summed E-state index contributed by atoms with van der Waals surface area (Å²) in [6.45, 7) is 7.58. The summed E-state index contributed by atoms with van der Waals surface area (Å²) in [7, 11) is 2.14. The molecule has 0 bridgehead atoms. The van der Waals surface area contributed by atoms with E-state index in [1.807, 2.05) is 18.2 Å². The molecule has 3 aromatic carbocycles. The van der Waals surface area contributed by atoms with Crippen molar-refractivity contribution in [2.45, 2.75) is 0 Å². The van der Waals surface area contributed by atoms with Crippen LogP contribution in [-0.4, -0.2) is 59.9 Å². The fourth-order valence-electron chi connectivity index (χ4n) is 4.55. The Hall–Kier alpha value is -4.76. The number of carbonyl (C=O) groups is 2. The number of benzene rings is 3. The zero-order chi connectivity index (χ0) is 26.6. The van der Waals surface area contributed by atoms with E-state index < -0.39 is 5.91 Å². The number of piperazine rings is 1. The highest BCUT2D eigenvalue weighted by Crippen LogP contribution is 2.33. The van der Waals surface area contributed by atoms with Crippen LogP contribution in [0, 0.1) is 0 Å². The molecule has 5 rings (SSSR count). The number of aromatic nitrogens is 2. The number of nitrogens with one attached hydrogen (secondary N) is 2. The van der Waals surface area contributed by atoms with Crippen LogP contribution in [0.15, 0.2) is 79.5 Å². The summed E-state index contributed by atoms with van der Waals surface area (Å²) in [4.78, 5) is 38.1. The predicted octanol–water partition coefficient (Wildman–Crippen LogP) is 4.02.